The summed E-state index contributed by atoms with van der Waals surface area (Å²) >= 11 is 0. The molecule has 4 nitrogen and oxygen atoms in total. The highest BCUT2D eigenvalue weighted by atomic mass is 16.3. The fourth-order valence-corrected chi connectivity index (χ4v) is 1.91. The maximum absolute atomic E-state index is 11.8. The average molecular weight is 264 g/mol. The molecule has 0 aliphatic rings. The third kappa shape index (κ3) is 5.85. The molecule has 0 heterocycles. The fraction of sp³-hybridized carbons (Fsp3) is 0.533. The highest BCUT2D eigenvalue weighted by Gasteiger charge is 2.18. The molecule has 3 N–H and O–H groups in total. The molecule has 19 heavy (non-hydrogen) atoms. The first-order valence-corrected chi connectivity index (χ1v) is 6.74. The molecule has 1 aromatic rings. The van der Waals surface area contributed by atoms with Crippen molar-refractivity contribution in [3.05, 3.63) is 35.9 Å². The summed E-state index contributed by atoms with van der Waals surface area (Å²) in [6, 6.07) is 9.63. The number of nitrogens with one attached hydrogen (secondary N) is 2. The SMILES string of the molecule is CC(C)NC(=O)C(C)NC(CO)Cc1ccccc1. The molecule has 0 radical (unpaired) electrons. The van der Waals surface area contributed by atoms with Crippen LogP contribution in [0.25, 0.3) is 0 Å². The molecule has 4 heteroatoms. The Labute approximate surface area is 115 Å². The number of amides is 1. The van der Waals surface area contributed by atoms with Crippen molar-refractivity contribution in [2.45, 2.75) is 45.3 Å². The van der Waals surface area contributed by atoms with Gasteiger partial charge >= 0.3 is 0 Å². The Kier molecular flexibility index (Phi) is 6.53. The second kappa shape index (κ2) is 7.92. The Balaban J connectivity index is 2.50. The van der Waals surface area contributed by atoms with E-state index >= 15 is 0 Å². The molecule has 0 aliphatic heterocycles. The molecule has 0 aromatic heterocycles. The largest absolute Gasteiger partial charge is 0.395 e. The molecule has 2 unspecified atom stereocenters. The van der Waals surface area contributed by atoms with Crippen LogP contribution in [0.4, 0.5) is 0 Å². The Hall–Kier alpha value is -1.39. The first kappa shape index (κ1) is 15.7. The van der Waals surface area contributed by atoms with Crippen LogP contribution >= 0.6 is 0 Å². The lowest BCUT2D eigenvalue weighted by molar-refractivity contribution is -0.123. The van der Waals surface area contributed by atoms with Crippen molar-refractivity contribution < 1.29 is 9.90 Å². The number of rotatable bonds is 7. The minimum absolute atomic E-state index is 0.00813. The minimum Gasteiger partial charge on any atom is -0.395 e. The highest BCUT2D eigenvalue weighted by Crippen LogP contribution is 2.03. The summed E-state index contributed by atoms with van der Waals surface area (Å²) in [4.78, 5) is 11.8. The molecule has 0 bridgehead atoms. The van der Waals surface area contributed by atoms with Gasteiger partial charge in [0.25, 0.3) is 0 Å². The molecule has 0 spiro atoms. The number of hydrogen-bond acceptors (Lipinski definition) is 3. The van der Waals surface area contributed by atoms with Crippen molar-refractivity contribution in [3.8, 4) is 0 Å². The number of benzene rings is 1. The maximum Gasteiger partial charge on any atom is 0.237 e. The third-order valence-corrected chi connectivity index (χ3v) is 2.86. The van der Waals surface area contributed by atoms with Crippen LogP contribution in [0.5, 0.6) is 0 Å². The van der Waals surface area contributed by atoms with Gasteiger partial charge in [0.1, 0.15) is 0 Å². The molecule has 2 atom stereocenters. The van der Waals surface area contributed by atoms with Gasteiger partial charge in [0.05, 0.1) is 12.6 Å². The summed E-state index contributed by atoms with van der Waals surface area (Å²) < 4.78 is 0. The van der Waals surface area contributed by atoms with E-state index in [1.165, 1.54) is 0 Å². The van der Waals surface area contributed by atoms with Crippen LogP contribution in [0.2, 0.25) is 0 Å². The zero-order valence-corrected chi connectivity index (χ0v) is 11.9. The topological polar surface area (TPSA) is 61.4 Å². The molecule has 1 rings (SSSR count). The van der Waals surface area contributed by atoms with Crippen molar-refractivity contribution in [1.82, 2.24) is 10.6 Å². The Bertz CT molecular complexity index is 379. The van der Waals surface area contributed by atoms with Gasteiger partial charge in [-0.1, -0.05) is 30.3 Å². The van der Waals surface area contributed by atoms with Crippen LogP contribution < -0.4 is 10.6 Å². The molecular weight excluding hydrogens is 240 g/mol. The van der Waals surface area contributed by atoms with Gasteiger partial charge in [-0.05, 0) is 32.8 Å². The number of carbonyl (C=O) groups excluding carboxylic acids is 1. The van der Waals surface area contributed by atoms with Gasteiger partial charge in [0.2, 0.25) is 5.91 Å². The molecule has 0 aliphatic carbocycles. The van der Waals surface area contributed by atoms with Crippen molar-refractivity contribution in [1.29, 1.82) is 0 Å². The van der Waals surface area contributed by atoms with Crippen LogP contribution in [0.3, 0.4) is 0 Å². The zero-order valence-electron chi connectivity index (χ0n) is 11.9. The normalized spacial score (nSPS) is 14.2. The molecule has 106 valence electrons. The monoisotopic (exact) mass is 264 g/mol. The summed E-state index contributed by atoms with van der Waals surface area (Å²) in [5.41, 5.74) is 1.14. The Morgan fingerprint density at radius 3 is 2.37 bits per heavy atom. The zero-order chi connectivity index (χ0) is 14.3. The van der Waals surface area contributed by atoms with E-state index < -0.39 is 0 Å². The number of hydrogen-bond donors (Lipinski definition) is 3. The van der Waals surface area contributed by atoms with Gasteiger partial charge < -0.3 is 15.7 Å². The van der Waals surface area contributed by atoms with E-state index in [9.17, 15) is 9.90 Å². The maximum atomic E-state index is 11.8. The molecule has 0 fully saturated rings. The molecular formula is C15H24N2O2. The first-order valence-electron chi connectivity index (χ1n) is 6.74. The second-order valence-electron chi connectivity index (χ2n) is 5.12. The van der Waals surface area contributed by atoms with Crippen LogP contribution in [0.1, 0.15) is 26.3 Å². The smallest absolute Gasteiger partial charge is 0.237 e. The predicted molar refractivity (Wildman–Crippen MR) is 76.9 cm³/mol. The fourth-order valence-electron chi connectivity index (χ4n) is 1.91. The number of aliphatic hydroxyl groups is 1. The van der Waals surface area contributed by atoms with Gasteiger partial charge in [-0.3, -0.25) is 4.79 Å². The van der Waals surface area contributed by atoms with E-state index in [1.807, 2.05) is 51.1 Å². The second-order valence-corrected chi connectivity index (χ2v) is 5.12. The van der Waals surface area contributed by atoms with E-state index in [1.54, 1.807) is 0 Å². The standard InChI is InChI=1S/C15H24N2O2/c1-11(2)16-15(19)12(3)17-14(10-18)9-13-7-5-4-6-8-13/h4-8,11-12,14,17-18H,9-10H2,1-3H3,(H,16,19). The quantitative estimate of drug-likeness (QED) is 0.691. The van der Waals surface area contributed by atoms with Gasteiger partial charge in [-0.15, -0.1) is 0 Å². The molecule has 0 saturated carbocycles. The van der Waals surface area contributed by atoms with E-state index in [0.717, 1.165) is 5.56 Å². The van der Waals surface area contributed by atoms with Crippen molar-refractivity contribution in [3.63, 3.8) is 0 Å². The lowest BCUT2D eigenvalue weighted by atomic mass is 10.1. The summed E-state index contributed by atoms with van der Waals surface area (Å²) in [5, 5.41) is 15.4. The molecule has 1 amide bonds. The first-order chi connectivity index (χ1) is 9.02. The summed E-state index contributed by atoms with van der Waals surface area (Å²) in [6.45, 7) is 5.68. The summed E-state index contributed by atoms with van der Waals surface area (Å²) in [5.74, 6) is -0.0403. The minimum atomic E-state index is -0.316. The van der Waals surface area contributed by atoms with Crippen LogP contribution in [0.15, 0.2) is 30.3 Å². The van der Waals surface area contributed by atoms with Gasteiger partial charge in [-0.25, -0.2) is 0 Å². The van der Waals surface area contributed by atoms with E-state index in [2.05, 4.69) is 10.6 Å². The van der Waals surface area contributed by atoms with E-state index in [0.29, 0.717) is 6.42 Å². The predicted octanol–water partition coefficient (Wildman–Crippen LogP) is 1.09. The van der Waals surface area contributed by atoms with E-state index in [4.69, 9.17) is 0 Å². The van der Waals surface area contributed by atoms with Gasteiger partial charge in [0.15, 0.2) is 0 Å². The molecule has 0 saturated heterocycles. The average Bonchev–Trinajstić information content (AvgIpc) is 2.38. The van der Waals surface area contributed by atoms with Crippen LogP contribution in [0, 0.1) is 0 Å². The third-order valence-electron chi connectivity index (χ3n) is 2.86. The van der Waals surface area contributed by atoms with Crippen LogP contribution in [-0.4, -0.2) is 35.7 Å². The van der Waals surface area contributed by atoms with Gasteiger partial charge in [0, 0.05) is 12.1 Å². The van der Waals surface area contributed by atoms with Crippen molar-refractivity contribution in [2.24, 2.45) is 0 Å². The van der Waals surface area contributed by atoms with Crippen molar-refractivity contribution in [2.75, 3.05) is 6.61 Å². The van der Waals surface area contributed by atoms with Gasteiger partial charge in [-0.2, -0.15) is 0 Å². The highest BCUT2D eigenvalue weighted by molar-refractivity contribution is 5.81. The van der Waals surface area contributed by atoms with E-state index in [-0.39, 0.29) is 30.6 Å². The van der Waals surface area contributed by atoms with Crippen molar-refractivity contribution >= 4 is 5.91 Å². The summed E-state index contributed by atoms with van der Waals surface area (Å²) in [6.07, 6.45) is 0.705. The number of carbonyl (C=O) groups is 1. The molecule has 1 aromatic carbocycles. The summed E-state index contributed by atoms with van der Waals surface area (Å²) in [7, 11) is 0. The Morgan fingerprint density at radius 2 is 1.84 bits per heavy atom. The Morgan fingerprint density at radius 1 is 1.21 bits per heavy atom. The lowest BCUT2D eigenvalue weighted by Crippen LogP contribution is -2.50. The van der Waals surface area contributed by atoms with Crippen LogP contribution in [-0.2, 0) is 11.2 Å². The number of aliphatic hydroxyl groups excluding tert-OH is 1. The lowest BCUT2D eigenvalue weighted by Gasteiger charge is -2.22.